The highest BCUT2D eigenvalue weighted by Crippen LogP contribution is 2.32. The molecular formula is C18H23N5O3S. The van der Waals surface area contributed by atoms with Gasteiger partial charge in [-0.3, -0.25) is 20.2 Å². The SMILES string of the molecule is CCCc1nnc(NC(=O)c2ccc(N3CCC(C)CC3)c([N+](=O)[O-])c2)s1. The summed E-state index contributed by atoms with van der Waals surface area (Å²) < 4.78 is 0. The Labute approximate surface area is 161 Å². The molecule has 1 saturated heterocycles. The average Bonchev–Trinajstić information content (AvgIpc) is 3.09. The highest BCUT2D eigenvalue weighted by Gasteiger charge is 2.25. The van der Waals surface area contributed by atoms with E-state index in [-0.39, 0.29) is 11.3 Å². The van der Waals surface area contributed by atoms with Gasteiger partial charge in [-0.15, -0.1) is 10.2 Å². The van der Waals surface area contributed by atoms with Crippen molar-refractivity contribution in [1.82, 2.24) is 10.2 Å². The van der Waals surface area contributed by atoms with Gasteiger partial charge in [0.25, 0.3) is 11.6 Å². The van der Waals surface area contributed by atoms with Crippen LogP contribution in [-0.2, 0) is 6.42 Å². The molecule has 144 valence electrons. The van der Waals surface area contributed by atoms with Gasteiger partial charge < -0.3 is 4.90 Å². The van der Waals surface area contributed by atoms with Crippen molar-refractivity contribution in [2.75, 3.05) is 23.3 Å². The molecule has 1 aliphatic rings. The van der Waals surface area contributed by atoms with Crippen LogP contribution in [0.1, 0.15) is 48.5 Å². The first-order valence-corrected chi connectivity index (χ1v) is 9.96. The number of carbonyl (C=O) groups is 1. The van der Waals surface area contributed by atoms with Crippen LogP contribution < -0.4 is 10.2 Å². The van der Waals surface area contributed by atoms with Gasteiger partial charge in [0.05, 0.1) is 4.92 Å². The number of anilines is 2. The second-order valence-electron chi connectivity index (χ2n) is 6.84. The minimum atomic E-state index is -0.422. The number of aromatic nitrogens is 2. The van der Waals surface area contributed by atoms with E-state index in [1.165, 1.54) is 17.4 Å². The van der Waals surface area contributed by atoms with E-state index in [1.54, 1.807) is 12.1 Å². The molecule has 0 unspecified atom stereocenters. The fourth-order valence-electron chi connectivity index (χ4n) is 3.12. The number of nitrogens with zero attached hydrogens (tertiary/aromatic N) is 4. The van der Waals surface area contributed by atoms with Crippen molar-refractivity contribution >= 4 is 33.8 Å². The number of aryl methyl sites for hydroxylation is 1. The number of nitro benzene ring substituents is 1. The molecule has 0 saturated carbocycles. The van der Waals surface area contributed by atoms with Crippen LogP contribution in [-0.4, -0.2) is 34.1 Å². The molecule has 1 aliphatic heterocycles. The van der Waals surface area contributed by atoms with E-state index in [1.807, 2.05) is 11.8 Å². The minimum absolute atomic E-state index is 0.0406. The van der Waals surface area contributed by atoms with Crippen molar-refractivity contribution in [2.24, 2.45) is 5.92 Å². The zero-order chi connectivity index (χ0) is 19.4. The van der Waals surface area contributed by atoms with E-state index in [0.717, 1.165) is 43.8 Å². The summed E-state index contributed by atoms with van der Waals surface area (Å²) in [4.78, 5) is 25.6. The summed E-state index contributed by atoms with van der Waals surface area (Å²) in [6.07, 6.45) is 3.78. The summed E-state index contributed by atoms with van der Waals surface area (Å²) in [5, 5.41) is 23.5. The van der Waals surface area contributed by atoms with Crippen molar-refractivity contribution in [3.8, 4) is 0 Å². The molecule has 0 aliphatic carbocycles. The highest BCUT2D eigenvalue weighted by atomic mass is 32.1. The van der Waals surface area contributed by atoms with E-state index < -0.39 is 10.8 Å². The number of hydrogen-bond donors (Lipinski definition) is 1. The number of carbonyl (C=O) groups excluding carboxylic acids is 1. The van der Waals surface area contributed by atoms with Gasteiger partial charge in [0.15, 0.2) is 0 Å². The number of rotatable bonds is 6. The Morgan fingerprint density at radius 1 is 1.37 bits per heavy atom. The summed E-state index contributed by atoms with van der Waals surface area (Å²) in [6.45, 7) is 5.82. The van der Waals surface area contributed by atoms with Crippen molar-refractivity contribution in [3.63, 3.8) is 0 Å². The van der Waals surface area contributed by atoms with E-state index in [0.29, 0.717) is 16.7 Å². The second kappa shape index (κ2) is 8.43. The molecule has 0 radical (unpaired) electrons. The third kappa shape index (κ3) is 4.60. The molecule has 0 spiro atoms. The van der Waals surface area contributed by atoms with Crippen LogP contribution in [0.4, 0.5) is 16.5 Å². The molecule has 0 atom stereocenters. The Bertz CT molecular complexity index is 830. The average molecular weight is 389 g/mol. The van der Waals surface area contributed by atoms with Gasteiger partial charge in [-0.2, -0.15) is 0 Å². The van der Waals surface area contributed by atoms with Crippen LogP contribution in [0.15, 0.2) is 18.2 Å². The quantitative estimate of drug-likeness (QED) is 0.594. The molecule has 8 nitrogen and oxygen atoms in total. The maximum absolute atomic E-state index is 12.5. The Morgan fingerprint density at radius 3 is 2.78 bits per heavy atom. The number of nitro groups is 1. The van der Waals surface area contributed by atoms with Gasteiger partial charge in [-0.1, -0.05) is 25.2 Å². The second-order valence-corrected chi connectivity index (χ2v) is 7.90. The topological polar surface area (TPSA) is 101 Å². The molecule has 1 N–H and O–H groups in total. The molecule has 27 heavy (non-hydrogen) atoms. The normalized spacial score (nSPS) is 15.0. The van der Waals surface area contributed by atoms with Crippen molar-refractivity contribution < 1.29 is 9.72 Å². The Balaban J connectivity index is 1.78. The lowest BCUT2D eigenvalue weighted by molar-refractivity contribution is -0.384. The van der Waals surface area contributed by atoms with Gasteiger partial charge in [-0.05, 0) is 37.3 Å². The minimum Gasteiger partial charge on any atom is -0.366 e. The summed E-state index contributed by atoms with van der Waals surface area (Å²) in [5.74, 6) is 0.214. The van der Waals surface area contributed by atoms with Crippen molar-refractivity contribution in [2.45, 2.75) is 39.5 Å². The lowest BCUT2D eigenvalue weighted by atomic mass is 9.98. The molecule has 2 heterocycles. The zero-order valence-electron chi connectivity index (χ0n) is 15.5. The van der Waals surface area contributed by atoms with Crippen molar-refractivity contribution in [1.29, 1.82) is 0 Å². The molecule has 1 fully saturated rings. The zero-order valence-corrected chi connectivity index (χ0v) is 16.3. The Kier molecular flexibility index (Phi) is 6.00. The van der Waals surface area contributed by atoms with E-state index in [2.05, 4.69) is 22.4 Å². The van der Waals surface area contributed by atoms with Gasteiger partial charge in [0.1, 0.15) is 10.7 Å². The number of benzene rings is 1. The third-order valence-electron chi connectivity index (χ3n) is 4.71. The van der Waals surface area contributed by atoms with Crippen LogP contribution in [0.25, 0.3) is 0 Å². The smallest absolute Gasteiger partial charge is 0.293 e. The first kappa shape index (κ1) is 19.2. The van der Waals surface area contributed by atoms with Crippen LogP contribution in [0.3, 0.4) is 0 Å². The van der Waals surface area contributed by atoms with Crippen LogP contribution >= 0.6 is 11.3 Å². The molecule has 1 aromatic heterocycles. The maximum Gasteiger partial charge on any atom is 0.293 e. The summed E-state index contributed by atoms with van der Waals surface area (Å²) >= 11 is 1.32. The summed E-state index contributed by atoms with van der Waals surface area (Å²) in [7, 11) is 0. The Hall–Kier alpha value is -2.55. The monoisotopic (exact) mass is 389 g/mol. The van der Waals surface area contributed by atoms with Gasteiger partial charge in [0.2, 0.25) is 5.13 Å². The first-order chi connectivity index (χ1) is 13.0. The molecule has 1 amide bonds. The van der Waals surface area contributed by atoms with Crippen molar-refractivity contribution in [3.05, 3.63) is 38.9 Å². The lowest BCUT2D eigenvalue weighted by Gasteiger charge is -2.31. The maximum atomic E-state index is 12.5. The predicted molar refractivity (Wildman–Crippen MR) is 106 cm³/mol. The summed E-state index contributed by atoms with van der Waals surface area (Å²) in [5.41, 5.74) is 0.772. The highest BCUT2D eigenvalue weighted by molar-refractivity contribution is 7.15. The van der Waals surface area contributed by atoms with E-state index in [9.17, 15) is 14.9 Å². The van der Waals surface area contributed by atoms with E-state index >= 15 is 0 Å². The number of nitrogens with one attached hydrogen (secondary N) is 1. The molecule has 1 aromatic carbocycles. The molecular weight excluding hydrogens is 366 g/mol. The number of amides is 1. The standard InChI is InChI=1S/C18H23N5O3S/c1-3-4-16-20-21-18(27-16)19-17(24)13-5-6-14(15(11-13)23(25)26)22-9-7-12(2)8-10-22/h5-6,11-12H,3-4,7-10H2,1-2H3,(H,19,21,24). The number of piperidine rings is 1. The molecule has 9 heteroatoms. The fourth-order valence-corrected chi connectivity index (χ4v) is 3.95. The van der Waals surface area contributed by atoms with Gasteiger partial charge in [0, 0.05) is 31.1 Å². The number of hydrogen-bond acceptors (Lipinski definition) is 7. The van der Waals surface area contributed by atoms with Crippen LogP contribution in [0, 0.1) is 16.0 Å². The predicted octanol–water partition coefficient (Wildman–Crippen LogP) is 3.89. The largest absolute Gasteiger partial charge is 0.366 e. The molecule has 2 aromatic rings. The lowest BCUT2D eigenvalue weighted by Crippen LogP contribution is -2.33. The van der Waals surface area contributed by atoms with Gasteiger partial charge in [-0.25, -0.2) is 0 Å². The van der Waals surface area contributed by atoms with E-state index in [4.69, 9.17) is 0 Å². The van der Waals surface area contributed by atoms with Crippen LogP contribution in [0.2, 0.25) is 0 Å². The molecule has 3 rings (SSSR count). The van der Waals surface area contributed by atoms with Gasteiger partial charge >= 0.3 is 0 Å². The molecule has 0 bridgehead atoms. The fraction of sp³-hybridized carbons (Fsp3) is 0.500. The first-order valence-electron chi connectivity index (χ1n) is 9.15. The van der Waals surface area contributed by atoms with Crippen LogP contribution in [0.5, 0.6) is 0 Å². The Morgan fingerprint density at radius 2 is 2.11 bits per heavy atom. The summed E-state index contributed by atoms with van der Waals surface area (Å²) in [6, 6.07) is 4.64. The third-order valence-corrected chi connectivity index (χ3v) is 5.61.